The summed E-state index contributed by atoms with van der Waals surface area (Å²) in [7, 11) is 1.38. The largest absolute Gasteiger partial charge is 0.464 e. The van der Waals surface area contributed by atoms with Crippen molar-refractivity contribution in [2.75, 3.05) is 13.7 Å². The minimum atomic E-state index is -0.333. The van der Waals surface area contributed by atoms with Crippen molar-refractivity contribution in [1.82, 2.24) is 10.3 Å². The van der Waals surface area contributed by atoms with Crippen molar-refractivity contribution in [3.8, 4) is 0 Å². The van der Waals surface area contributed by atoms with E-state index in [1.54, 1.807) is 6.07 Å². The Kier molecular flexibility index (Phi) is 5.38. The highest BCUT2D eigenvalue weighted by molar-refractivity contribution is 5.87. The summed E-state index contributed by atoms with van der Waals surface area (Å²) < 4.78 is 4.65. The number of rotatable bonds is 7. The van der Waals surface area contributed by atoms with E-state index in [1.807, 2.05) is 12.1 Å². The molecule has 0 saturated carbocycles. The Morgan fingerprint density at radius 2 is 2.00 bits per heavy atom. The van der Waals surface area contributed by atoms with Gasteiger partial charge in [0.15, 0.2) is 0 Å². The maximum absolute atomic E-state index is 11.3. The van der Waals surface area contributed by atoms with Gasteiger partial charge in [0.2, 0.25) is 0 Å². The van der Waals surface area contributed by atoms with E-state index in [1.165, 1.54) is 12.7 Å². The first-order chi connectivity index (χ1) is 9.79. The van der Waals surface area contributed by atoms with Gasteiger partial charge in [-0.1, -0.05) is 30.3 Å². The summed E-state index contributed by atoms with van der Waals surface area (Å²) in [4.78, 5) is 14.3. The van der Waals surface area contributed by atoms with Crippen LogP contribution in [0.25, 0.3) is 0 Å². The van der Waals surface area contributed by atoms with Crippen molar-refractivity contribution < 1.29 is 9.53 Å². The monoisotopic (exact) mass is 272 g/mol. The zero-order valence-corrected chi connectivity index (χ0v) is 11.7. The molecule has 2 N–H and O–H groups in total. The van der Waals surface area contributed by atoms with Crippen LogP contribution in [0.4, 0.5) is 0 Å². The van der Waals surface area contributed by atoms with Gasteiger partial charge in [0.05, 0.1) is 7.11 Å². The number of ether oxygens (including phenoxy) is 1. The number of nitrogens with one attached hydrogen (secondary N) is 2. The SMILES string of the molecule is COC(=O)c1ccc(CNCCCc2ccccc2)[nH]1. The fourth-order valence-electron chi connectivity index (χ4n) is 2.06. The number of benzene rings is 1. The fraction of sp³-hybridized carbons (Fsp3) is 0.312. The molecule has 1 aromatic heterocycles. The smallest absolute Gasteiger partial charge is 0.354 e. The van der Waals surface area contributed by atoms with Crippen molar-refractivity contribution in [2.45, 2.75) is 19.4 Å². The Balaban J connectivity index is 1.66. The average molecular weight is 272 g/mol. The summed E-state index contributed by atoms with van der Waals surface area (Å²) in [6.45, 7) is 1.67. The number of aryl methyl sites for hydroxylation is 1. The third kappa shape index (κ3) is 4.24. The van der Waals surface area contributed by atoms with E-state index in [-0.39, 0.29) is 5.97 Å². The summed E-state index contributed by atoms with van der Waals surface area (Å²) in [5.74, 6) is -0.333. The maximum Gasteiger partial charge on any atom is 0.354 e. The van der Waals surface area contributed by atoms with Gasteiger partial charge in [-0.05, 0) is 37.1 Å². The average Bonchev–Trinajstić information content (AvgIpc) is 2.96. The molecule has 0 radical (unpaired) electrons. The molecule has 0 spiro atoms. The van der Waals surface area contributed by atoms with E-state index in [0.29, 0.717) is 5.69 Å². The zero-order chi connectivity index (χ0) is 14.2. The highest BCUT2D eigenvalue weighted by Gasteiger charge is 2.07. The minimum absolute atomic E-state index is 0.333. The molecule has 20 heavy (non-hydrogen) atoms. The molecule has 0 aliphatic rings. The van der Waals surface area contributed by atoms with Crippen LogP contribution >= 0.6 is 0 Å². The van der Waals surface area contributed by atoms with Crippen molar-refractivity contribution in [2.24, 2.45) is 0 Å². The molecule has 4 nitrogen and oxygen atoms in total. The zero-order valence-electron chi connectivity index (χ0n) is 11.7. The molecular formula is C16H20N2O2. The number of aromatic amines is 1. The topological polar surface area (TPSA) is 54.1 Å². The lowest BCUT2D eigenvalue weighted by Gasteiger charge is -2.04. The van der Waals surface area contributed by atoms with Crippen LogP contribution in [0.3, 0.4) is 0 Å². The maximum atomic E-state index is 11.3. The van der Waals surface area contributed by atoms with Crippen LogP contribution in [0.15, 0.2) is 42.5 Å². The summed E-state index contributed by atoms with van der Waals surface area (Å²) in [6, 6.07) is 14.1. The van der Waals surface area contributed by atoms with Gasteiger partial charge >= 0.3 is 5.97 Å². The van der Waals surface area contributed by atoms with Gasteiger partial charge in [0.25, 0.3) is 0 Å². The number of esters is 1. The number of hydrogen-bond acceptors (Lipinski definition) is 3. The highest BCUT2D eigenvalue weighted by Crippen LogP contribution is 2.04. The molecule has 0 unspecified atom stereocenters. The summed E-state index contributed by atoms with van der Waals surface area (Å²) in [5, 5.41) is 3.36. The van der Waals surface area contributed by atoms with Crippen LogP contribution in [-0.4, -0.2) is 24.6 Å². The number of hydrogen-bond donors (Lipinski definition) is 2. The molecule has 0 aliphatic heterocycles. The van der Waals surface area contributed by atoms with Crippen molar-refractivity contribution in [3.63, 3.8) is 0 Å². The first kappa shape index (κ1) is 14.3. The molecule has 0 aliphatic carbocycles. The van der Waals surface area contributed by atoms with Crippen molar-refractivity contribution in [1.29, 1.82) is 0 Å². The molecule has 2 rings (SSSR count). The van der Waals surface area contributed by atoms with E-state index in [9.17, 15) is 4.79 Å². The molecule has 0 bridgehead atoms. The molecule has 0 fully saturated rings. The van der Waals surface area contributed by atoms with E-state index >= 15 is 0 Å². The van der Waals surface area contributed by atoms with E-state index in [0.717, 1.165) is 31.6 Å². The van der Waals surface area contributed by atoms with Crippen LogP contribution in [0, 0.1) is 0 Å². The van der Waals surface area contributed by atoms with Crippen LogP contribution in [-0.2, 0) is 17.7 Å². The molecule has 2 aromatic rings. The Morgan fingerprint density at radius 3 is 2.75 bits per heavy atom. The Morgan fingerprint density at radius 1 is 1.20 bits per heavy atom. The van der Waals surface area contributed by atoms with E-state index in [4.69, 9.17) is 0 Å². The van der Waals surface area contributed by atoms with Gasteiger partial charge in [-0.3, -0.25) is 0 Å². The van der Waals surface area contributed by atoms with Gasteiger partial charge in [-0.2, -0.15) is 0 Å². The first-order valence-electron chi connectivity index (χ1n) is 6.80. The summed E-state index contributed by atoms with van der Waals surface area (Å²) in [6.07, 6.45) is 2.17. The van der Waals surface area contributed by atoms with Gasteiger partial charge < -0.3 is 15.0 Å². The number of H-pyrrole nitrogens is 1. The molecule has 0 amide bonds. The third-order valence-electron chi connectivity index (χ3n) is 3.13. The standard InChI is InChI=1S/C16H20N2O2/c1-20-16(19)15-10-9-14(18-15)12-17-11-5-8-13-6-3-2-4-7-13/h2-4,6-7,9-10,17-18H,5,8,11-12H2,1H3. The van der Waals surface area contributed by atoms with Gasteiger partial charge in [-0.15, -0.1) is 0 Å². The van der Waals surface area contributed by atoms with Crippen LogP contribution in [0.1, 0.15) is 28.2 Å². The number of aromatic nitrogens is 1. The second-order valence-electron chi connectivity index (χ2n) is 4.65. The van der Waals surface area contributed by atoms with Gasteiger partial charge in [0.1, 0.15) is 5.69 Å². The number of carbonyl (C=O) groups is 1. The molecule has 1 heterocycles. The quantitative estimate of drug-likeness (QED) is 0.601. The van der Waals surface area contributed by atoms with Crippen molar-refractivity contribution >= 4 is 5.97 Å². The molecule has 1 aromatic carbocycles. The van der Waals surface area contributed by atoms with Gasteiger partial charge in [-0.25, -0.2) is 4.79 Å². The third-order valence-corrected chi connectivity index (χ3v) is 3.13. The Labute approximate surface area is 119 Å². The molecule has 0 atom stereocenters. The highest BCUT2D eigenvalue weighted by atomic mass is 16.5. The molecular weight excluding hydrogens is 252 g/mol. The second kappa shape index (κ2) is 7.50. The van der Waals surface area contributed by atoms with Crippen molar-refractivity contribution in [3.05, 3.63) is 59.4 Å². The predicted octanol–water partition coefficient (Wildman–Crippen LogP) is 2.52. The lowest BCUT2D eigenvalue weighted by molar-refractivity contribution is 0.0594. The minimum Gasteiger partial charge on any atom is -0.464 e. The normalized spacial score (nSPS) is 10.4. The lowest BCUT2D eigenvalue weighted by atomic mass is 10.1. The van der Waals surface area contributed by atoms with Crippen LogP contribution in [0.2, 0.25) is 0 Å². The van der Waals surface area contributed by atoms with E-state index in [2.05, 4.69) is 39.3 Å². The molecule has 0 saturated heterocycles. The molecule has 106 valence electrons. The van der Waals surface area contributed by atoms with Crippen LogP contribution in [0.5, 0.6) is 0 Å². The Bertz CT molecular complexity index is 534. The molecule has 4 heteroatoms. The predicted molar refractivity (Wildman–Crippen MR) is 78.6 cm³/mol. The summed E-state index contributed by atoms with van der Waals surface area (Å²) in [5.41, 5.74) is 2.85. The van der Waals surface area contributed by atoms with E-state index < -0.39 is 0 Å². The number of methoxy groups -OCH3 is 1. The Hall–Kier alpha value is -2.07. The summed E-state index contributed by atoms with van der Waals surface area (Å²) >= 11 is 0. The lowest BCUT2D eigenvalue weighted by Crippen LogP contribution is -2.15. The van der Waals surface area contributed by atoms with Gasteiger partial charge in [0, 0.05) is 12.2 Å². The van der Waals surface area contributed by atoms with Crippen LogP contribution < -0.4 is 5.32 Å². The first-order valence-corrected chi connectivity index (χ1v) is 6.80. The number of carbonyl (C=O) groups excluding carboxylic acids is 1. The fourth-order valence-corrected chi connectivity index (χ4v) is 2.06. The second-order valence-corrected chi connectivity index (χ2v) is 4.65.